The Morgan fingerprint density at radius 2 is 1.75 bits per heavy atom. The van der Waals surface area contributed by atoms with Crippen molar-refractivity contribution in [2.75, 3.05) is 45.1 Å². The summed E-state index contributed by atoms with van der Waals surface area (Å²) in [5.41, 5.74) is 0.834. The fraction of sp³-hybridized carbons (Fsp3) is 0.619. The Hall–Kier alpha value is -2.28. The van der Waals surface area contributed by atoms with Crippen LogP contribution in [-0.2, 0) is 0 Å². The number of carbonyl (C=O) groups excluding carboxylic acids is 2. The Kier molecular flexibility index (Phi) is 5.44. The molecule has 152 valence electrons. The molecule has 3 saturated heterocycles. The second kappa shape index (κ2) is 7.99. The van der Waals surface area contributed by atoms with E-state index < -0.39 is 0 Å². The normalized spacial score (nSPS) is 24.5. The van der Waals surface area contributed by atoms with Crippen molar-refractivity contribution in [3.05, 3.63) is 30.3 Å². The third kappa shape index (κ3) is 3.94. The Balaban J connectivity index is 1.30. The zero-order valence-corrected chi connectivity index (χ0v) is 16.7. The molecule has 0 aliphatic carbocycles. The molecular weight excluding hydrogens is 354 g/mol. The fourth-order valence-corrected chi connectivity index (χ4v) is 4.85. The SMILES string of the molecule is CN1CCC2(CCCN2C(=O)NC2CCN(C(=O)Nc3ccccc3)C2)CC1. The monoisotopic (exact) mass is 385 g/mol. The first-order chi connectivity index (χ1) is 13.6. The van der Waals surface area contributed by atoms with Gasteiger partial charge < -0.3 is 25.3 Å². The van der Waals surface area contributed by atoms with Gasteiger partial charge in [0.2, 0.25) is 0 Å². The van der Waals surface area contributed by atoms with Gasteiger partial charge in [-0.05, 0) is 51.3 Å². The van der Waals surface area contributed by atoms with E-state index in [0.717, 1.165) is 57.4 Å². The van der Waals surface area contributed by atoms with Gasteiger partial charge in [-0.2, -0.15) is 0 Å². The van der Waals surface area contributed by atoms with Crippen molar-refractivity contribution in [3.8, 4) is 0 Å². The molecule has 0 bridgehead atoms. The average Bonchev–Trinajstić information content (AvgIpc) is 3.32. The lowest BCUT2D eigenvalue weighted by atomic mass is 9.85. The van der Waals surface area contributed by atoms with Crippen LogP contribution >= 0.6 is 0 Å². The van der Waals surface area contributed by atoms with E-state index in [2.05, 4.69) is 27.5 Å². The average molecular weight is 386 g/mol. The minimum Gasteiger partial charge on any atom is -0.333 e. The van der Waals surface area contributed by atoms with E-state index in [1.165, 1.54) is 0 Å². The number of nitrogens with zero attached hydrogens (tertiary/aromatic N) is 3. The van der Waals surface area contributed by atoms with Gasteiger partial charge in [-0.1, -0.05) is 18.2 Å². The van der Waals surface area contributed by atoms with E-state index in [1.54, 1.807) is 4.90 Å². The van der Waals surface area contributed by atoms with Crippen LogP contribution in [0.4, 0.5) is 15.3 Å². The van der Waals surface area contributed by atoms with Crippen molar-refractivity contribution >= 4 is 17.7 Å². The smallest absolute Gasteiger partial charge is 0.321 e. The van der Waals surface area contributed by atoms with Gasteiger partial charge >= 0.3 is 12.1 Å². The van der Waals surface area contributed by atoms with Crippen molar-refractivity contribution in [1.29, 1.82) is 0 Å². The van der Waals surface area contributed by atoms with Crippen molar-refractivity contribution in [2.24, 2.45) is 0 Å². The van der Waals surface area contributed by atoms with E-state index >= 15 is 0 Å². The Bertz CT molecular complexity index is 702. The van der Waals surface area contributed by atoms with Gasteiger partial charge in [-0.15, -0.1) is 0 Å². The van der Waals surface area contributed by atoms with Crippen LogP contribution in [0.2, 0.25) is 0 Å². The molecule has 7 heteroatoms. The van der Waals surface area contributed by atoms with Gasteiger partial charge in [0.05, 0.1) is 0 Å². The second-order valence-corrected chi connectivity index (χ2v) is 8.46. The Labute approximate surface area is 167 Å². The molecule has 1 atom stereocenters. The van der Waals surface area contributed by atoms with Gasteiger partial charge in [0.15, 0.2) is 0 Å². The van der Waals surface area contributed by atoms with Crippen molar-refractivity contribution in [2.45, 2.75) is 43.7 Å². The van der Waals surface area contributed by atoms with Crippen LogP contribution in [-0.4, -0.2) is 78.1 Å². The summed E-state index contributed by atoms with van der Waals surface area (Å²) >= 11 is 0. The van der Waals surface area contributed by atoms with Crippen LogP contribution in [0.1, 0.15) is 32.1 Å². The van der Waals surface area contributed by atoms with E-state index in [9.17, 15) is 9.59 Å². The highest BCUT2D eigenvalue weighted by Gasteiger charge is 2.45. The molecule has 7 nitrogen and oxygen atoms in total. The van der Waals surface area contributed by atoms with E-state index in [-0.39, 0.29) is 23.6 Å². The first-order valence-corrected chi connectivity index (χ1v) is 10.4. The number of benzene rings is 1. The zero-order chi connectivity index (χ0) is 19.6. The Morgan fingerprint density at radius 1 is 1.00 bits per heavy atom. The van der Waals surface area contributed by atoms with Crippen LogP contribution in [0.15, 0.2) is 30.3 Å². The van der Waals surface area contributed by atoms with E-state index in [4.69, 9.17) is 0 Å². The maximum atomic E-state index is 13.0. The predicted molar refractivity (Wildman–Crippen MR) is 109 cm³/mol. The second-order valence-electron chi connectivity index (χ2n) is 8.46. The molecule has 3 heterocycles. The van der Waals surface area contributed by atoms with Crippen molar-refractivity contribution < 1.29 is 9.59 Å². The maximum absolute atomic E-state index is 13.0. The molecule has 2 N–H and O–H groups in total. The molecule has 1 unspecified atom stereocenters. The highest BCUT2D eigenvalue weighted by atomic mass is 16.2. The summed E-state index contributed by atoms with van der Waals surface area (Å²) in [6, 6.07) is 9.46. The molecule has 3 fully saturated rings. The molecule has 1 spiro atoms. The third-order valence-corrected chi connectivity index (χ3v) is 6.59. The fourth-order valence-electron chi connectivity index (χ4n) is 4.85. The van der Waals surface area contributed by atoms with Crippen LogP contribution in [0, 0.1) is 0 Å². The van der Waals surface area contributed by atoms with E-state index in [1.807, 2.05) is 30.3 Å². The van der Waals surface area contributed by atoms with Crippen LogP contribution in [0.5, 0.6) is 0 Å². The minimum absolute atomic E-state index is 0.0259. The number of anilines is 1. The first-order valence-electron chi connectivity index (χ1n) is 10.4. The number of piperidine rings is 1. The molecular formula is C21H31N5O2. The number of para-hydroxylation sites is 1. The molecule has 3 aliphatic rings. The molecule has 4 rings (SSSR count). The predicted octanol–water partition coefficient (Wildman–Crippen LogP) is 2.56. The number of carbonyl (C=O) groups is 2. The summed E-state index contributed by atoms with van der Waals surface area (Å²) < 4.78 is 0. The summed E-state index contributed by atoms with van der Waals surface area (Å²) in [5, 5.41) is 6.13. The van der Waals surface area contributed by atoms with Crippen LogP contribution in [0.3, 0.4) is 0 Å². The highest BCUT2D eigenvalue weighted by Crippen LogP contribution is 2.38. The number of hydrogen-bond donors (Lipinski definition) is 2. The number of amides is 4. The summed E-state index contributed by atoms with van der Waals surface area (Å²) in [4.78, 5) is 31.7. The number of nitrogens with one attached hydrogen (secondary N) is 2. The summed E-state index contributed by atoms with van der Waals surface area (Å²) in [7, 11) is 2.15. The number of urea groups is 2. The van der Waals surface area contributed by atoms with Crippen molar-refractivity contribution in [3.63, 3.8) is 0 Å². The topological polar surface area (TPSA) is 67.9 Å². The molecule has 28 heavy (non-hydrogen) atoms. The molecule has 1 aromatic carbocycles. The standard InChI is InChI=1S/C21H31N5O2/c1-24-14-10-21(11-15-24)9-5-12-26(21)20(28)23-18-8-13-25(16-18)19(27)22-17-6-3-2-4-7-17/h2-4,6-7,18H,5,8-16H2,1H3,(H,22,27)(H,23,28). The first kappa shape index (κ1) is 19.1. The summed E-state index contributed by atoms with van der Waals surface area (Å²) in [5.74, 6) is 0. The van der Waals surface area contributed by atoms with E-state index in [0.29, 0.717) is 13.1 Å². The Morgan fingerprint density at radius 3 is 2.50 bits per heavy atom. The summed E-state index contributed by atoms with van der Waals surface area (Å²) in [6.45, 7) is 4.19. The minimum atomic E-state index is -0.101. The number of likely N-dealkylation sites (tertiary alicyclic amines) is 3. The van der Waals surface area contributed by atoms with Crippen LogP contribution in [0.25, 0.3) is 0 Å². The lowest BCUT2D eigenvalue weighted by Crippen LogP contribution is -2.57. The van der Waals surface area contributed by atoms with Crippen LogP contribution < -0.4 is 10.6 Å². The quantitative estimate of drug-likeness (QED) is 0.822. The lowest BCUT2D eigenvalue weighted by Gasteiger charge is -2.44. The maximum Gasteiger partial charge on any atom is 0.321 e. The third-order valence-electron chi connectivity index (χ3n) is 6.59. The van der Waals surface area contributed by atoms with Gasteiger partial charge in [-0.3, -0.25) is 0 Å². The highest BCUT2D eigenvalue weighted by molar-refractivity contribution is 5.89. The molecule has 0 saturated carbocycles. The van der Waals surface area contributed by atoms with Crippen molar-refractivity contribution in [1.82, 2.24) is 20.0 Å². The largest absolute Gasteiger partial charge is 0.333 e. The van der Waals surface area contributed by atoms with Gasteiger partial charge in [-0.25, -0.2) is 9.59 Å². The number of rotatable bonds is 2. The van der Waals surface area contributed by atoms with Gasteiger partial charge in [0.1, 0.15) is 0 Å². The molecule has 3 aliphatic heterocycles. The number of hydrogen-bond acceptors (Lipinski definition) is 3. The van der Waals surface area contributed by atoms with Gasteiger partial charge in [0.25, 0.3) is 0 Å². The molecule has 0 radical (unpaired) electrons. The molecule has 1 aromatic rings. The van der Waals surface area contributed by atoms with Gasteiger partial charge in [0, 0.05) is 50.0 Å². The summed E-state index contributed by atoms with van der Waals surface area (Å²) in [6.07, 6.45) is 5.13. The molecule has 4 amide bonds. The zero-order valence-electron chi connectivity index (χ0n) is 16.7. The lowest BCUT2D eigenvalue weighted by molar-refractivity contribution is 0.0818. The molecule has 0 aromatic heterocycles.